The number of benzene rings is 1. The van der Waals surface area contributed by atoms with Gasteiger partial charge in [-0.2, -0.15) is 0 Å². The fraction of sp³-hybridized carbons (Fsp3) is 0.647. The molecule has 2 rings (SSSR count). The summed E-state index contributed by atoms with van der Waals surface area (Å²) in [5.41, 5.74) is 0.438. The second-order valence-corrected chi connectivity index (χ2v) is 6.57. The lowest BCUT2D eigenvalue weighted by molar-refractivity contribution is -0.0457. The topological polar surface area (TPSA) is 29.5 Å². The molecule has 0 saturated heterocycles. The van der Waals surface area contributed by atoms with Crippen LogP contribution < -0.4 is 4.74 Å². The van der Waals surface area contributed by atoms with Gasteiger partial charge in [-0.1, -0.05) is 39.0 Å². The zero-order valence-corrected chi connectivity index (χ0v) is 12.4. The van der Waals surface area contributed by atoms with Crippen molar-refractivity contribution in [2.24, 2.45) is 5.41 Å². The van der Waals surface area contributed by atoms with E-state index in [-0.39, 0.29) is 5.41 Å². The number of rotatable bonds is 4. The molecule has 19 heavy (non-hydrogen) atoms. The molecule has 1 aliphatic carbocycles. The third-order valence-corrected chi connectivity index (χ3v) is 4.07. The van der Waals surface area contributed by atoms with E-state index in [0.29, 0.717) is 6.61 Å². The lowest BCUT2D eigenvalue weighted by atomic mass is 9.67. The molecule has 0 spiro atoms. The Morgan fingerprint density at radius 2 is 1.95 bits per heavy atom. The maximum atomic E-state index is 11.1. The van der Waals surface area contributed by atoms with Gasteiger partial charge in [-0.25, -0.2) is 0 Å². The molecule has 1 unspecified atom stereocenters. The van der Waals surface area contributed by atoms with E-state index < -0.39 is 5.60 Å². The molecule has 0 amide bonds. The van der Waals surface area contributed by atoms with E-state index >= 15 is 0 Å². The van der Waals surface area contributed by atoms with Gasteiger partial charge in [0, 0.05) is 5.56 Å². The summed E-state index contributed by atoms with van der Waals surface area (Å²) in [5.74, 6) is 0.851. The van der Waals surface area contributed by atoms with Crippen molar-refractivity contribution in [3.8, 4) is 5.75 Å². The lowest BCUT2D eigenvalue weighted by Crippen LogP contribution is -2.36. The van der Waals surface area contributed by atoms with Crippen LogP contribution in [0.25, 0.3) is 0 Å². The van der Waals surface area contributed by atoms with Gasteiger partial charge in [0.1, 0.15) is 5.75 Å². The monoisotopic (exact) mass is 262 g/mol. The summed E-state index contributed by atoms with van der Waals surface area (Å²) in [6.45, 7) is 7.29. The van der Waals surface area contributed by atoms with Crippen LogP contribution in [0.3, 0.4) is 0 Å². The Kier molecular flexibility index (Phi) is 4.19. The van der Waals surface area contributed by atoms with Gasteiger partial charge < -0.3 is 9.84 Å². The minimum absolute atomic E-state index is 0.199. The van der Waals surface area contributed by atoms with Crippen LogP contribution in [0, 0.1) is 5.41 Å². The van der Waals surface area contributed by atoms with Crippen LogP contribution in [0.2, 0.25) is 0 Å². The highest BCUT2D eigenvalue weighted by Gasteiger charge is 2.41. The molecule has 1 saturated carbocycles. The van der Waals surface area contributed by atoms with Gasteiger partial charge in [-0.15, -0.1) is 0 Å². The van der Waals surface area contributed by atoms with Crippen LogP contribution in [0.15, 0.2) is 24.3 Å². The zero-order valence-electron chi connectivity index (χ0n) is 12.4. The predicted molar refractivity (Wildman–Crippen MR) is 78.4 cm³/mol. The summed E-state index contributed by atoms with van der Waals surface area (Å²) in [4.78, 5) is 0. The highest BCUT2D eigenvalue weighted by molar-refractivity contribution is 5.38. The maximum absolute atomic E-state index is 11.1. The molecule has 0 radical (unpaired) electrons. The van der Waals surface area contributed by atoms with Crippen LogP contribution in [0.5, 0.6) is 5.75 Å². The van der Waals surface area contributed by atoms with Crippen LogP contribution >= 0.6 is 0 Å². The number of ether oxygens (including phenoxy) is 1. The molecule has 0 aromatic heterocycles. The van der Waals surface area contributed by atoms with Gasteiger partial charge in [-0.05, 0) is 43.6 Å². The van der Waals surface area contributed by atoms with E-state index in [2.05, 4.69) is 20.8 Å². The van der Waals surface area contributed by atoms with Gasteiger partial charge in [0.05, 0.1) is 12.2 Å². The van der Waals surface area contributed by atoms with E-state index in [1.807, 2.05) is 24.3 Å². The fourth-order valence-electron chi connectivity index (χ4n) is 3.25. The number of para-hydroxylation sites is 1. The molecular weight excluding hydrogens is 236 g/mol. The van der Waals surface area contributed by atoms with Crippen molar-refractivity contribution in [1.82, 2.24) is 0 Å². The Bertz CT molecular complexity index is 425. The van der Waals surface area contributed by atoms with Crippen molar-refractivity contribution in [1.29, 1.82) is 0 Å². The van der Waals surface area contributed by atoms with Crippen LogP contribution in [-0.2, 0) is 5.60 Å². The first-order valence-electron chi connectivity index (χ1n) is 7.42. The summed E-state index contributed by atoms with van der Waals surface area (Å²) in [5, 5.41) is 11.1. The van der Waals surface area contributed by atoms with E-state index in [9.17, 15) is 5.11 Å². The van der Waals surface area contributed by atoms with Crippen molar-refractivity contribution >= 4 is 0 Å². The Hall–Kier alpha value is -1.02. The Morgan fingerprint density at radius 1 is 1.21 bits per heavy atom. The summed E-state index contributed by atoms with van der Waals surface area (Å²) in [6, 6.07) is 7.97. The Labute approximate surface area is 116 Å². The molecule has 2 heteroatoms. The first kappa shape index (κ1) is 14.4. The van der Waals surface area contributed by atoms with Crippen molar-refractivity contribution < 1.29 is 9.84 Å². The molecule has 106 valence electrons. The first-order chi connectivity index (χ1) is 8.97. The van der Waals surface area contributed by atoms with Gasteiger partial charge in [0.15, 0.2) is 0 Å². The average Bonchev–Trinajstić information content (AvgIpc) is 2.35. The number of hydrogen-bond donors (Lipinski definition) is 1. The Balaban J connectivity index is 2.29. The van der Waals surface area contributed by atoms with Gasteiger partial charge in [0.25, 0.3) is 0 Å². The fourth-order valence-corrected chi connectivity index (χ4v) is 3.25. The second-order valence-electron chi connectivity index (χ2n) is 6.57. The zero-order chi connectivity index (χ0) is 13.9. The minimum Gasteiger partial charge on any atom is -0.493 e. The van der Waals surface area contributed by atoms with E-state index in [1.54, 1.807) is 0 Å². The summed E-state index contributed by atoms with van der Waals surface area (Å²) >= 11 is 0. The second kappa shape index (κ2) is 5.54. The molecule has 0 aliphatic heterocycles. The normalized spacial score (nSPS) is 26.1. The highest BCUT2D eigenvalue weighted by atomic mass is 16.5. The van der Waals surface area contributed by atoms with Crippen LogP contribution in [0.4, 0.5) is 0 Å². The molecule has 1 aliphatic rings. The maximum Gasteiger partial charge on any atom is 0.125 e. The van der Waals surface area contributed by atoms with E-state index in [1.165, 1.54) is 6.42 Å². The Morgan fingerprint density at radius 3 is 2.63 bits per heavy atom. The predicted octanol–water partition coefficient (Wildman–Crippen LogP) is 4.26. The molecule has 0 heterocycles. The molecule has 1 fully saturated rings. The van der Waals surface area contributed by atoms with Crippen molar-refractivity contribution in [2.45, 2.75) is 58.5 Å². The smallest absolute Gasteiger partial charge is 0.125 e. The minimum atomic E-state index is -0.730. The average molecular weight is 262 g/mol. The van der Waals surface area contributed by atoms with Crippen molar-refractivity contribution in [3.63, 3.8) is 0 Å². The van der Waals surface area contributed by atoms with Crippen molar-refractivity contribution in [2.75, 3.05) is 6.61 Å². The number of aliphatic hydroxyl groups is 1. The van der Waals surface area contributed by atoms with Crippen LogP contribution in [0.1, 0.15) is 58.4 Å². The van der Waals surface area contributed by atoms with E-state index in [4.69, 9.17) is 4.74 Å². The third-order valence-electron chi connectivity index (χ3n) is 4.07. The molecule has 2 nitrogen and oxygen atoms in total. The first-order valence-corrected chi connectivity index (χ1v) is 7.42. The standard InChI is InChI=1S/C17H26O2/c1-4-12-19-15-9-6-5-8-14(15)17(18)11-7-10-16(2,3)13-17/h5-6,8-9,18H,4,7,10-13H2,1-3H3. The van der Waals surface area contributed by atoms with Crippen molar-refractivity contribution in [3.05, 3.63) is 29.8 Å². The highest BCUT2D eigenvalue weighted by Crippen LogP contribution is 2.48. The molecule has 1 aromatic rings. The van der Waals surface area contributed by atoms with Crippen LogP contribution in [-0.4, -0.2) is 11.7 Å². The van der Waals surface area contributed by atoms with Gasteiger partial charge >= 0.3 is 0 Å². The molecule has 1 aromatic carbocycles. The third kappa shape index (κ3) is 3.30. The molecule has 1 atom stereocenters. The van der Waals surface area contributed by atoms with Gasteiger partial charge in [0.2, 0.25) is 0 Å². The molecule has 1 N–H and O–H groups in total. The quantitative estimate of drug-likeness (QED) is 0.878. The summed E-state index contributed by atoms with van der Waals surface area (Å²) in [6.07, 6.45) is 4.90. The van der Waals surface area contributed by atoms with Gasteiger partial charge in [-0.3, -0.25) is 0 Å². The summed E-state index contributed by atoms with van der Waals surface area (Å²) in [7, 11) is 0. The molecular formula is C17H26O2. The summed E-state index contributed by atoms with van der Waals surface area (Å²) < 4.78 is 5.81. The largest absolute Gasteiger partial charge is 0.493 e. The molecule has 0 bridgehead atoms. The SMILES string of the molecule is CCCOc1ccccc1C1(O)CCCC(C)(C)C1. The lowest BCUT2D eigenvalue weighted by Gasteiger charge is -2.42. The van der Waals surface area contributed by atoms with E-state index in [0.717, 1.165) is 37.0 Å². The number of hydrogen-bond acceptors (Lipinski definition) is 2.